The molecule has 2 nitrogen and oxygen atoms in total. The molecule has 0 saturated carbocycles. The Kier molecular flexibility index (Phi) is 1.14. The Hall–Kier alpha value is -0.340. The second kappa shape index (κ2) is 1.57. The van der Waals surface area contributed by atoms with Crippen LogP contribution in [-0.4, -0.2) is 18.3 Å². The van der Waals surface area contributed by atoms with Crippen LogP contribution in [-0.2, 0) is 0 Å². The van der Waals surface area contributed by atoms with Gasteiger partial charge in [-0.2, -0.15) is 0 Å². The topological polar surface area (TPSA) is 46.2 Å². The first-order valence-corrected chi connectivity index (χ1v) is 2.76. The molecule has 0 aromatic carbocycles. The van der Waals surface area contributed by atoms with Crippen LogP contribution in [0.3, 0.4) is 0 Å². The quantitative estimate of drug-likeness (QED) is 0.490. The average molecular weight is 113 g/mol. The molecule has 0 radical (unpaired) electrons. The molecule has 0 bridgehead atoms. The lowest BCUT2D eigenvalue weighted by molar-refractivity contribution is 0.235. The average Bonchev–Trinajstić information content (AvgIpc) is 2.44. The Balaban J connectivity index is 2.38. The van der Waals surface area contributed by atoms with Gasteiger partial charge in [0.2, 0.25) is 0 Å². The van der Waals surface area contributed by atoms with Gasteiger partial charge in [-0.15, -0.1) is 0 Å². The summed E-state index contributed by atoms with van der Waals surface area (Å²) in [7, 11) is 0. The Morgan fingerprint density at radius 2 is 2.50 bits per heavy atom. The van der Waals surface area contributed by atoms with Crippen molar-refractivity contribution >= 4 is 0 Å². The summed E-state index contributed by atoms with van der Waals surface area (Å²) < 4.78 is 0. The van der Waals surface area contributed by atoms with Crippen LogP contribution in [0.15, 0.2) is 11.6 Å². The van der Waals surface area contributed by atoms with E-state index in [1.54, 1.807) is 0 Å². The van der Waals surface area contributed by atoms with E-state index in [9.17, 15) is 0 Å². The Labute approximate surface area is 49.0 Å². The molecule has 8 heavy (non-hydrogen) atoms. The molecule has 0 spiro atoms. The van der Waals surface area contributed by atoms with Crippen LogP contribution < -0.4 is 5.73 Å². The first-order chi connectivity index (χ1) is 3.73. The lowest BCUT2D eigenvalue weighted by atomic mass is 10.1. The van der Waals surface area contributed by atoms with Crippen molar-refractivity contribution in [2.45, 2.75) is 6.92 Å². The summed E-state index contributed by atoms with van der Waals surface area (Å²) >= 11 is 0. The van der Waals surface area contributed by atoms with Gasteiger partial charge >= 0.3 is 0 Å². The molecule has 1 atom stereocenters. The molecule has 0 amide bonds. The second-order valence-corrected chi connectivity index (χ2v) is 2.45. The van der Waals surface area contributed by atoms with E-state index in [-0.39, 0.29) is 12.0 Å². The van der Waals surface area contributed by atoms with Gasteiger partial charge in [-0.25, -0.2) is 0 Å². The van der Waals surface area contributed by atoms with Crippen molar-refractivity contribution in [3.05, 3.63) is 11.6 Å². The van der Waals surface area contributed by atoms with E-state index in [0.29, 0.717) is 6.54 Å². The summed E-state index contributed by atoms with van der Waals surface area (Å²) in [4.78, 5) is 0. The normalized spacial score (nSPS) is 34.6. The summed E-state index contributed by atoms with van der Waals surface area (Å²) in [6.07, 6.45) is 2.01. The second-order valence-electron chi connectivity index (χ2n) is 2.45. The first kappa shape index (κ1) is 5.79. The molecule has 1 aliphatic rings. The first-order valence-electron chi connectivity index (χ1n) is 2.76. The standard InChI is InChI=1S/C6H11NO/c1-6(4-8)2-5(6)3-7/h2,8H,3-4,7H2,1H3/t6-/m1/s1. The van der Waals surface area contributed by atoms with Gasteiger partial charge in [-0.1, -0.05) is 13.0 Å². The largest absolute Gasteiger partial charge is 0.395 e. The van der Waals surface area contributed by atoms with E-state index in [1.165, 1.54) is 5.57 Å². The summed E-state index contributed by atoms with van der Waals surface area (Å²) in [5.74, 6) is 0. The maximum absolute atomic E-state index is 8.66. The molecule has 0 aromatic heterocycles. The van der Waals surface area contributed by atoms with Gasteiger partial charge in [-0.05, 0) is 5.57 Å². The Bertz CT molecular complexity index is 130. The minimum atomic E-state index is -0.0191. The molecule has 1 aliphatic carbocycles. The van der Waals surface area contributed by atoms with Crippen molar-refractivity contribution in [3.63, 3.8) is 0 Å². The predicted octanol–water partition coefficient (Wildman–Crippen LogP) is -0.116. The van der Waals surface area contributed by atoms with Crippen molar-refractivity contribution < 1.29 is 5.11 Å². The third kappa shape index (κ3) is 0.659. The molecule has 46 valence electrons. The van der Waals surface area contributed by atoms with Crippen LogP contribution in [0.25, 0.3) is 0 Å². The van der Waals surface area contributed by atoms with Crippen LogP contribution in [0, 0.1) is 5.41 Å². The molecule has 0 saturated heterocycles. The molecule has 0 aliphatic heterocycles. The zero-order chi connectivity index (χ0) is 6.20. The van der Waals surface area contributed by atoms with Gasteiger partial charge in [0, 0.05) is 12.0 Å². The van der Waals surface area contributed by atoms with E-state index in [0.717, 1.165) is 0 Å². The molecule has 0 unspecified atom stereocenters. The molecule has 0 heterocycles. The predicted molar refractivity (Wildman–Crippen MR) is 32.3 cm³/mol. The van der Waals surface area contributed by atoms with Gasteiger partial charge < -0.3 is 10.8 Å². The third-order valence-electron chi connectivity index (χ3n) is 1.69. The number of nitrogens with two attached hydrogens (primary N) is 1. The highest BCUT2D eigenvalue weighted by Gasteiger charge is 2.36. The smallest absolute Gasteiger partial charge is 0.0557 e. The van der Waals surface area contributed by atoms with Crippen molar-refractivity contribution in [3.8, 4) is 0 Å². The summed E-state index contributed by atoms with van der Waals surface area (Å²) in [5, 5.41) is 8.66. The summed E-state index contributed by atoms with van der Waals surface area (Å²) in [5.41, 5.74) is 6.47. The lowest BCUT2D eigenvalue weighted by Crippen LogP contribution is -2.10. The highest BCUT2D eigenvalue weighted by Crippen LogP contribution is 2.41. The SMILES string of the molecule is C[C@]1(CO)C=C1CN. The van der Waals surface area contributed by atoms with E-state index in [1.807, 2.05) is 13.0 Å². The van der Waals surface area contributed by atoms with Crippen molar-refractivity contribution in [2.24, 2.45) is 11.1 Å². The van der Waals surface area contributed by atoms with Crippen molar-refractivity contribution in [2.75, 3.05) is 13.2 Å². The van der Waals surface area contributed by atoms with E-state index < -0.39 is 0 Å². The Morgan fingerprint density at radius 1 is 1.88 bits per heavy atom. The van der Waals surface area contributed by atoms with E-state index in [4.69, 9.17) is 10.8 Å². The van der Waals surface area contributed by atoms with Crippen LogP contribution in [0.5, 0.6) is 0 Å². The number of hydrogen-bond acceptors (Lipinski definition) is 2. The van der Waals surface area contributed by atoms with Gasteiger partial charge in [0.05, 0.1) is 6.61 Å². The summed E-state index contributed by atoms with van der Waals surface area (Å²) in [6.45, 7) is 2.78. The highest BCUT2D eigenvalue weighted by atomic mass is 16.3. The molecule has 3 N–H and O–H groups in total. The van der Waals surface area contributed by atoms with Crippen LogP contribution >= 0.6 is 0 Å². The Morgan fingerprint density at radius 3 is 2.62 bits per heavy atom. The molecule has 1 rings (SSSR count). The third-order valence-corrected chi connectivity index (χ3v) is 1.69. The molecule has 2 heteroatoms. The van der Waals surface area contributed by atoms with Gasteiger partial charge in [-0.3, -0.25) is 0 Å². The lowest BCUT2D eigenvalue weighted by Gasteiger charge is -2.04. The zero-order valence-electron chi connectivity index (χ0n) is 5.02. The number of aliphatic hydroxyl groups is 1. The number of rotatable bonds is 2. The zero-order valence-corrected chi connectivity index (χ0v) is 5.02. The number of hydrogen-bond donors (Lipinski definition) is 2. The molecular formula is C6H11NO. The maximum Gasteiger partial charge on any atom is 0.0557 e. The monoisotopic (exact) mass is 113 g/mol. The minimum absolute atomic E-state index is 0.0191. The van der Waals surface area contributed by atoms with E-state index >= 15 is 0 Å². The van der Waals surface area contributed by atoms with E-state index in [2.05, 4.69) is 0 Å². The van der Waals surface area contributed by atoms with Crippen LogP contribution in [0.1, 0.15) is 6.92 Å². The highest BCUT2D eigenvalue weighted by molar-refractivity contribution is 5.38. The van der Waals surface area contributed by atoms with Gasteiger partial charge in [0.1, 0.15) is 0 Å². The fourth-order valence-corrected chi connectivity index (χ4v) is 0.788. The molecular weight excluding hydrogens is 102 g/mol. The molecule has 0 fully saturated rings. The van der Waals surface area contributed by atoms with Crippen molar-refractivity contribution in [1.29, 1.82) is 0 Å². The van der Waals surface area contributed by atoms with Crippen molar-refractivity contribution in [1.82, 2.24) is 0 Å². The fourth-order valence-electron chi connectivity index (χ4n) is 0.788. The van der Waals surface area contributed by atoms with Gasteiger partial charge in [0.25, 0.3) is 0 Å². The molecule has 0 aromatic rings. The van der Waals surface area contributed by atoms with Crippen LogP contribution in [0.2, 0.25) is 0 Å². The minimum Gasteiger partial charge on any atom is -0.395 e. The van der Waals surface area contributed by atoms with Crippen LogP contribution in [0.4, 0.5) is 0 Å². The maximum atomic E-state index is 8.66. The van der Waals surface area contributed by atoms with Gasteiger partial charge in [0.15, 0.2) is 0 Å². The fraction of sp³-hybridized carbons (Fsp3) is 0.667. The summed E-state index contributed by atoms with van der Waals surface area (Å²) in [6, 6.07) is 0. The number of aliphatic hydroxyl groups excluding tert-OH is 1.